The molecule has 3 aromatic rings. The van der Waals surface area contributed by atoms with Gasteiger partial charge in [0, 0.05) is 36.2 Å². The van der Waals surface area contributed by atoms with Gasteiger partial charge in [-0.2, -0.15) is 4.98 Å². The number of Topliss-reactive ketones (excluding diaryl/α,β-unsaturated/α-hetero) is 1. The number of aromatic nitrogens is 3. The maximum atomic E-state index is 13.3. The number of methoxy groups -OCH3 is 1. The molecule has 2 aromatic heterocycles. The number of H-pyrrole nitrogens is 1. The number of carbonyl (C=O) groups is 1. The molecule has 0 saturated carbocycles. The molecule has 154 valence electrons. The molecule has 1 aromatic carbocycles. The minimum atomic E-state index is -0.268. The van der Waals surface area contributed by atoms with Crippen LogP contribution in [0.3, 0.4) is 0 Å². The zero-order valence-electron chi connectivity index (χ0n) is 17.0. The van der Waals surface area contributed by atoms with E-state index in [1.54, 1.807) is 7.11 Å². The van der Waals surface area contributed by atoms with Crippen LogP contribution in [-0.2, 0) is 6.42 Å². The maximum absolute atomic E-state index is 13.3. The number of carbonyl (C=O) groups excluding carboxylic acids is 1. The van der Waals surface area contributed by atoms with Gasteiger partial charge in [-0.05, 0) is 38.2 Å². The van der Waals surface area contributed by atoms with Crippen molar-refractivity contribution in [3.05, 3.63) is 45.9 Å². The maximum Gasteiger partial charge on any atom is 0.262 e. The Morgan fingerprint density at radius 1 is 0.967 bits per heavy atom. The molecule has 0 radical (unpaired) electrons. The number of ketones is 1. The van der Waals surface area contributed by atoms with Gasteiger partial charge in [0.15, 0.2) is 11.4 Å². The zero-order valence-corrected chi connectivity index (χ0v) is 17.0. The summed E-state index contributed by atoms with van der Waals surface area (Å²) in [6.07, 6.45) is 5.28. The van der Waals surface area contributed by atoms with E-state index in [1.807, 2.05) is 24.3 Å². The first-order valence-corrected chi connectivity index (χ1v) is 10.6. The van der Waals surface area contributed by atoms with Crippen LogP contribution in [-0.4, -0.2) is 40.9 Å². The van der Waals surface area contributed by atoms with E-state index in [2.05, 4.69) is 9.88 Å². The number of para-hydroxylation sites is 1. The van der Waals surface area contributed by atoms with Crippen LogP contribution in [0.4, 0.5) is 5.95 Å². The van der Waals surface area contributed by atoms with E-state index in [4.69, 9.17) is 14.7 Å². The highest BCUT2D eigenvalue weighted by molar-refractivity contribution is 6.11. The fraction of sp³-hybridized carbons (Fsp3) is 0.391. The predicted molar refractivity (Wildman–Crippen MR) is 115 cm³/mol. The van der Waals surface area contributed by atoms with Crippen molar-refractivity contribution in [1.29, 1.82) is 0 Å². The highest BCUT2D eigenvalue weighted by Gasteiger charge is 2.29. The number of ether oxygens (including phenoxy) is 1. The summed E-state index contributed by atoms with van der Waals surface area (Å²) in [5.41, 5.74) is 2.70. The van der Waals surface area contributed by atoms with Crippen molar-refractivity contribution < 1.29 is 9.53 Å². The first kappa shape index (κ1) is 18.8. The Hall–Kier alpha value is -3.22. The Morgan fingerprint density at radius 3 is 2.57 bits per heavy atom. The van der Waals surface area contributed by atoms with E-state index in [9.17, 15) is 9.59 Å². The normalized spacial score (nSPS) is 16.6. The van der Waals surface area contributed by atoms with Crippen LogP contribution >= 0.6 is 0 Å². The lowest BCUT2D eigenvalue weighted by Gasteiger charge is -2.27. The molecule has 1 aliphatic heterocycles. The zero-order chi connectivity index (χ0) is 20.7. The minimum absolute atomic E-state index is 0.0195. The molecular weight excluding hydrogens is 380 g/mol. The average molecular weight is 404 g/mol. The Balaban J connectivity index is 1.83. The summed E-state index contributed by atoms with van der Waals surface area (Å²) >= 11 is 0. The fourth-order valence-electron chi connectivity index (χ4n) is 4.61. The van der Waals surface area contributed by atoms with Crippen LogP contribution in [0.2, 0.25) is 0 Å². The number of nitrogens with one attached hydrogen (secondary N) is 1. The van der Waals surface area contributed by atoms with Crippen molar-refractivity contribution in [2.75, 3.05) is 25.1 Å². The summed E-state index contributed by atoms with van der Waals surface area (Å²) in [6.45, 7) is 1.74. The van der Waals surface area contributed by atoms with Crippen LogP contribution in [0.15, 0.2) is 29.1 Å². The van der Waals surface area contributed by atoms with Gasteiger partial charge >= 0.3 is 0 Å². The van der Waals surface area contributed by atoms with Gasteiger partial charge in [0.05, 0.1) is 18.2 Å². The summed E-state index contributed by atoms with van der Waals surface area (Å²) in [5, 5.41) is 0.356. The lowest BCUT2D eigenvalue weighted by Crippen LogP contribution is -2.33. The summed E-state index contributed by atoms with van der Waals surface area (Å²) in [4.78, 5) is 40.8. The minimum Gasteiger partial charge on any atom is -0.496 e. The van der Waals surface area contributed by atoms with Gasteiger partial charge in [0.1, 0.15) is 5.75 Å². The molecule has 0 atom stereocenters. The smallest absolute Gasteiger partial charge is 0.262 e. The molecule has 3 heterocycles. The van der Waals surface area contributed by atoms with Gasteiger partial charge in [-0.15, -0.1) is 0 Å². The standard InChI is InChI=1S/C23H24N4O3/c1-30-17-11-4-3-8-14(17)18-19-15(9-7-10-16(19)28)24-21-20(18)22(29)26-23(25-21)27-12-5-2-6-13-27/h3-4,8,11H,2,5-7,9-10,12-13H2,1H3,(H,24,25,26,29). The number of piperidine rings is 1. The highest BCUT2D eigenvalue weighted by Crippen LogP contribution is 2.39. The second kappa shape index (κ2) is 7.55. The van der Waals surface area contributed by atoms with Gasteiger partial charge < -0.3 is 9.64 Å². The van der Waals surface area contributed by atoms with Gasteiger partial charge in [-0.1, -0.05) is 18.2 Å². The number of aromatic amines is 1. The molecule has 1 N–H and O–H groups in total. The number of rotatable bonds is 3. The summed E-state index contributed by atoms with van der Waals surface area (Å²) in [5.74, 6) is 1.20. The van der Waals surface area contributed by atoms with Crippen molar-refractivity contribution in [2.24, 2.45) is 0 Å². The van der Waals surface area contributed by atoms with E-state index in [-0.39, 0.29) is 11.3 Å². The van der Waals surface area contributed by atoms with E-state index in [0.717, 1.165) is 43.6 Å². The Labute approximate surface area is 174 Å². The summed E-state index contributed by atoms with van der Waals surface area (Å²) in [6, 6.07) is 7.48. The third-order valence-corrected chi connectivity index (χ3v) is 6.05. The third-order valence-electron chi connectivity index (χ3n) is 6.05. The Bertz CT molecular complexity index is 1200. The van der Waals surface area contributed by atoms with Gasteiger partial charge in [-0.25, -0.2) is 4.98 Å². The summed E-state index contributed by atoms with van der Waals surface area (Å²) < 4.78 is 5.56. The van der Waals surface area contributed by atoms with Crippen LogP contribution in [0.5, 0.6) is 5.75 Å². The van der Waals surface area contributed by atoms with Crippen LogP contribution < -0.4 is 15.2 Å². The molecule has 1 saturated heterocycles. The molecule has 5 rings (SSSR count). The third kappa shape index (κ3) is 3.05. The molecule has 7 nitrogen and oxygen atoms in total. The van der Waals surface area contributed by atoms with E-state index >= 15 is 0 Å². The molecule has 0 unspecified atom stereocenters. The molecule has 1 aliphatic carbocycles. The molecule has 7 heteroatoms. The molecule has 2 aliphatic rings. The number of hydrogen-bond donors (Lipinski definition) is 1. The van der Waals surface area contributed by atoms with E-state index in [0.29, 0.717) is 46.7 Å². The lowest BCUT2D eigenvalue weighted by atomic mass is 9.86. The van der Waals surface area contributed by atoms with Gasteiger partial charge in [-0.3, -0.25) is 14.6 Å². The van der Waals surface area contributed by atoms with Crippen molar-refractivity contribution in [3.63, 3.8) is 0 Å². The Morgan fingerprint density at radius 2 is 1.77 bits per heavy atom. The predicted octanol–water partition coefficient (Wildman–Crippen LogP) is 3.50. The molecule has 30 heavy (non-hydrogen) atoms. The van der Waals surface area contributed by atoms with Crippen LogP contribution in [0.1, 0.15) is 48.2 Å². The summed E-state index contributed by atoms with van der Waals surface area (Å²) in [7, 11) is 1.59. The number of aryl methyl sites for hydroxylation is 1. The largest absolute Gasteiger partial charge is 0.496 e. The van der Waals surface area contributed by atoms with Crippen LogP contribution in [0, 0.1) is 0 Å². The SMILES string of the molecule is COc1ccccc1-c1c2c(nc3nc(N4CCCCC4)[nH]c(=O)c13)CCCC2=O. The topological polar surface area (TPSA) is 88.2 Å². The number of fused-ring (bicyclic) bond motifs is 2. The molecule has 0 amide bonds. The number of anilines is 1. The second-order valence-corrected chi connectivity index (χ2v) is 7.92. The van der Waals surface area contributed by atoms with Gasteiger partial charge in [0.2, 0.25) is 5.95 Å². The first-order valence-electron chi connectivity index (χ1n) is 10.6. The van der Waals surface area contributed by atoms with Gasteiger partial charge in [0.25, 0.3) is 5.56 Å². The average Bonchev–Trinajstić information content (AvgIpc) is 2.78. The fourth-order valence-corrected chi connectivity index (χ4v) is 4.61. The molecular formula is C23H24N4O3. The number of hydrogen-bond acceptors (Lipinski definition) is 6. The van der Waals surface area contributed by atoms with E-state index in [1.165, 1.54) is 6.42 Å². The number of nitrogens with zero attached hydrogens (tertiary/aromatic N) is 3. The number of benzene rings is 1. The van der Waals surface area contributed by atoms with Crippen molar-refractivity contribution in [1.82, 2.24) is 15.0 Å². The first-order chi connectivity index (χ1) is 14.7. The quantitative estimate of drug-likeness (QED) is 0.719. The van der Waals surface area contributed by atoms with Crippen LogP contribution in [0.25, 0.3) is 22.2 Å². The van der Waals surface area contributed by atoms with Crippen molar-refractivity contribution in [2.45, 2.75) is 38.5 Å². The van der Waals surface area contributed by atoms with Crippen molar-refractivity contribution >= 4 is 22.8 Å². The van der Waals surface area contributed by atoms with Crippen molar-refractivity contribution in [3.8, 4) is 16.9 Å². The molecule has 0 spiro atoms. The Kier molecular flexibility index (Phi) is 4.73. The lowest BCUT2D eigenvalue weighted by molar-refractivity contribution is 0.0972. The molecule has 0 bridgehead atoms. The monoisotopic (exact) mass is 404 g/mol. The number of pyridine rings is 1. The second-order valence-electron chi connectivity index (χ2n) is 7.92. The molecule has 1 fully saturated rings. The highest BCUT2D eigenvalue weighted by atomic mass is 16.5. The van der Waals surface area contributed by atoms with E-state index < -0.39 is 0 Å².